The van der Waals surface area contributed by atoms with Crippen molar-refractivity contribution in [1.82, 2.24) is 4.90 Å². The Morgan fingerprint density at radius 3 is 2.65 bits per heavy atom. The third-order valence-corrected chi connectivity index (χ3v) is 3.28. The van der Waals surface area contributed by atoms with Gasteiger partial charge in [-0.25, -0.2) is 4.79 Å². The monoisotopic (exact) mass is 269 g/mol. The van der Waals surface area contributed by atoms with Gasteiger partial charge in [-0.2, -0.15) is 8.42 Å². The van der Waals surface area contributed by atoms with E-state index in [1.165, 1.54) is 0 Å². The fourth-order valence-electron chi connectivity index (χ4n) is 1.71. The zero-order chi connectivity index (χ0) is 13.2. The first-order valence-corrected chi connectivity index (χ1v) is 6.35. The molecule has 0 saturated carbocycles. The van der Waals surface area contributed by atoms with Crippen LogP contribution in [-0.4, -0.2) is 60.4 Å². The van der Waals surface area contributed by atoms with Gasteiger partial charge in [0.2, 0.25) is 5.91 Å². The van der Waals surface area contributed by atoms with Crippen LogP contribution in [0.25, 0.3) is 0 Å². The number of carboxylic acid groups (broad SMARTS) is 1. The molecule has 1 fully saturated rings. The van der Waals surface area contributed by atoms with Crippen molar-refractivity contribution < 1.29 is 32.1 Å². The predicted molar refractivity (Wildman–Crippen MR) is 53.2 cm³/mol. The van der Waals surface area contributed by atoms with E-state index in [0.717, 1.165) is 4.90 Å². The summed E-state index contributed by atoms with van der Waals surface area (Å²) in [4.78, 5) is 22.7. The van der Waals surface area contributed by atoms with Crippen molar-refractivity contribution in [2.45, 2.75) is 12.5 Å². The average Bonchev–Trinajstić information content (AvgIpc) is 2.43. The van der Waals surface area contributed by atoms with Crippen molar-refractivity contribution >= 4 is 22.1 Å². The summed E-state index contributed by atoms with van der Waals surface area (Å²) in [6.45, 7) is -0.483. The van der Waals surface area contributed by atoms with E-state index >= 15 is 0 Å². The Morgan fingerprint density at radius 2 is 2.18 bits per heavy atom. The second-order valence-electron chi connectivity index (χ2n) is 3.93. The molecule has 1 aliphatic rings. The quantitative estimate of drug-likeness (QED) is 0.592. The lowest BCUT2D eigenvalue weighted by molar-refractivity contribution is -0.148. The summed E-state index contributed by atoms with van der Waals surface area (Å²) in [5.41, 5.74) is 0. The van der Waals surface area contributed by atoms with Gasteiger partial charge in [-0.1, -0.05) is 0 Å². The maximum absolute atomic E-state index is 12.4. The number of carbonyl (C=O) groups excluding carboxylic acids is 1. The number of carbonyl (C=O) groups is 2. The van der Waals surface area contributed by atoms with Crippen LogP contribution in [0.5, 0.6) is 0 Å². The van der Waals surface area contributed by atoms with Gasteiger partial charge < -0.3 is 15.1 Å². The minimum atomic E-state index is -4.66. The maximum atomic E-state index is 12.4. The summed E-state index contributed by atoms with van der Waals surface area (Å²) in [7, 11) is -4.66. The number of likely N-dealkylation sites (tertiary alicyclic amines) is 1. The minimum Gasteiger partial charge on any atom is -0.479 e. The lowest BCUT2D eigenvalue weighted by Crippen LogP contribution is -2.38. The van der Waals surface area contributed by atoms with Crippen molar-refractivity contribution in [3.63, 3.8) is 0 Å². The first kappa shape index (κ1) is 13.8. The van der Waals surface area contributed by atoms with E-state index in [4.69, 9.17) is 10.2 Å². The van der Waals surface area contributed by atoms with Crippen LogP contribution >= 0.6 is 0 Å². The fourth-order valence-corrected chi connectivity index (χ4v) is 2.50. The van der Waals surface area contributed by atoms with Gasteiger partial charge in [0.15, 0.2) is 6.10 Å². The molecule has 0 aromatic rings. The number of hydrogen-bond acceptors (Lipinski definition) is 5. The number of hydrogen-bond donors (Lipinski definition) is 2. The predicted octanol–water partition coefficient (Wildman–Crippen LogP) is -1.42. The Bertz CT molecular complexity index is 422. The van der Waals surface area contributed by atoms with Gasteiger partial charge in [0.1, 0.15) is 0 Å². The molecule has 0 aromatic carbocycles. The fraction of sp³-hybridized carbons (Fsp3) is 0.750. The van der Waals surface area contributed by atoms with E-state index in [9.17, 15) is 21.9 Å². The summed E-state index contributed by atoms with van der Waals surface area (Å²) >= 11 is 0. The highest BCUT2D eigenvalue weighted by atomic mass is 32.3. The van der Waals surface area contributed by atoms with Crippen molar-refractivity contribution in [1.29, 1.82) is 0 Å². The van der Waals surface area contributed by atoms with Crippen molar-refractivity contribution in [2.75, 3.05) is 18.8 Å². The van der Waals surface area contributed by atoms with E-state index in [2.05, 4.69) is 0 Å². The number of rotatable bonds is 5. The maximum Gasteiger partial charge on any atom is 0.334 e. The average molecular weight is 269 g/mol. The molecule has 98 valence electrons. The molecule has 0 aliphatic carbocycles. The number of aliphatic carboxylic acids is 1. The molecule has 1 saturated heterocycles. The van der Waals surface area contributed by atoms with Crippen molar-refractivity contribution in [3.05, 3.63) is 0 Å². The summed E-state index contributed by atoms with van der Waals surface area (Å²) in [6.07, 6.45) is -1.88. The van der Waals surface area contributed by atoms with Gasteiger partial charge in [-0.3, -0.25) is 4.79 Å². The number of halogens is 1. The van der Waals surface area contributed by atoms with Gasteiger partial charge in [0, 0.05) is 18.9 Å². The Balaban J connectivity index is 2.56. The van der Waals surface area contributed by atoms with Crippen LogP contribution in [0.1, 0.15) is 6.42 Å². The van der Waals surface area contributed by atoms with Crippen LogP contribution < -0.4 is 0 Å². The van der Waals surface area contributed by atoms with Crippen LogP contribution in [0.15, 0.2) is 0 Å². The zero-order valence-corrected chi connectivity index (χ0v) is 9.56. The lowest BCUT2D eigenvalue weighted by Gasteiger charge is -2.17. The van der Waals surface area contributed by atoms with Crippen molar-refractivity contribution in [3.8, 4) is 0 Å². The molecule has 0 aromatic heterocycles. The molecule has 0 spiro atoms. The standard InChI is InChI=1S/C8H12FNO6S/c9-17(15,16)4-5-1-7(12)10(2-5)3-6(11)8(13)14/h5-6,11H,1-4H2,(H,13,14)/t5?,6-/m0/s1. The summed E-state index contributed by atoms with van der Waals surface area (Å²) < 4.78 is 33.2. The molecule has 0 bridgehead atoms. The van der Waals surface area contributed by atoms with E-state index in [1.807, 2.05) is 0 Å². The van der Waals surface area contributed by atoms with Crippen LogP contribution in [-0.2, 0) is 19.8 Å². The van der Waals surface area contributed by atoms with E-state index in [0.29, 0.717) is 0 Å². The zero-order valence-electron chi connectivity index (χ0n) is 8.74. The molecule has 1 amide bonds. The highest BCUT2D eigenvalue weighted by molar-refractivity contribution is 7.86. The van der Waals surface area contributed by atoms with Crippen LogP contribution in [0.3, 0.4) is 0 Å². The number of aliphatic hydroxyl groups is 1. The Kier molecular flexibility index (Phi) is 4.04. The molecule has 1 aliphatic heterocycles. The smallest absolute Gasteiger partial charge is 0.334 e. The molecule has 1 rings (SSSR count). The number of carboxylic acids is 1. The van der Waals surface area contributed by atoms with Gasteiger partial charge in [-0.05, 0) is 0 Å². The number of amides is 1. The second kappa shape index (κ2) is 4.96. The molecule has 1 heterocycles. The first-order chi connectivity index (χ1) is 7.69. The lowest BCUT2D eigenvalue weighted by atomic mass is 10.1. The third kappa shape index (κ3) is 4.27. The molecular formula is C8H12FNO6S. The molecule has 2 N–H and O–H groups in total. The summed E-state index contributed by atoms with van der Waals surface area (Å²) in [5, 5.41) is 17.5. The third-order valence-electron chi connectivity index (χ3n) is 2.41. The normalized spacial score (nSPS) is 22.8. The van der Waals surface area contributed by atoms with Gasteiger partial charge in [-0.15, -0.1) is 3.89 Å². The number of β-amino-alcohol motifs (C(OH)–C–C–N with tert-alkyl or cyclic N) is 1. The van der Waals surface area contributed by atoms with E-state index in [1.54, 1.807) is 0 Å². The number of aliphatic hydroxyl groups excluding tert-OH is 1. The minimum absolute atomic E-state index is 0.0632. The molecule has 1 unspecified atom stereocenters. The van der Waals surface area contributed by atoms with Gasteiger partial charge in [0.25, 0.3) is 0 Å². The Morgan fingerprint density at radius 1 is 1.59 bits per heavy atom. The largest absolute Gasteiger partial charge is 0.479 e. The Hall–Kier alpha value is -1.22. The highest BCUT2D eigenvalue weighted by Crippen LogP contribution is 2.20. The molecular weight excluding hydrogens is 257 g/mol. The SMILES string of the molecule is O=C(O)[C@@H](O)CN1CC(CS(=O)(=O)F)CC1=O. The first-order valence-electron chi connectivity index (χ1n) is 4.80. The van der Waals surface area contributed by atoms with Gasteiger partial charge >= 0.3 is 16.2 Å². The second-order valence-corrected chi connectivity index (χ2v) is 5.34. The molecule has 9 heteroatoms. The highest BCUT2D eigenvalue weighted by Gasteiger charge is 2.34. The molecule has 2 atom stereocenters. The molecule has 0 radical (unpaired) electrons. The summed E-state index contributed by atoms with van der Waals surface area (Å²) in [6, 6.07) is 0. The summed E-state index contributed by atoms with van der Waals surface area (Å²) in [5.74, 6) is -3.42. The topological polar surface area (TPSA) is 112 Å². The van der Waals surface area contributed by atoms with E-state index < -0.39 is 46.4 Å². The van der Waals surface area contributed by atoms with Crippen LogP contribution in [0, 0.1) is 5.92 Å². The molecule has 7 nitrogen and oxygen atoms in total. The van der Waals surface area contributed by atoms with E-state index in [-0.39, 0.29) is 13.0 Å². The van der Waals surface area contributed by atoms with Crippen molar-refractivity contribution in [2.24, 2.45) is 5.92 Å². The Labute approximate surface area is 97.0 Å². The molecule has 17 heavy (non-hydrogen) atoms. The van der Waals surface area contributed by atoms with Crippen LogP contribution in [0.4, 0.5) is 3.89 Å². The van der Waals surface area contributed by atoms with Crippen LogP contribution in [0.2, 0.25) is 0 Å². The van der Waals surface area contributed by atoms with Gasteiger partial charge in [0.05, 0.1) is 12.3 Å². The number of nitrogens with zero attached hydrogens (tertiary/aromatic N) is 1.